The summed E-state index contributed by atoms with van der Waals surface area (Å²) in [7, 11) is 0. The van der Waals surface area contributed by atoms with E-state index in [1.165, 1.54) is 51.4 Å². The number of hydrogen-bond acceptors (Lipinski definition) is 6. The molecule has 314 valence electrons. The average molecular weight is 767 g/mol. The first-order chi connectivity index (χ1) is 27.0. The van der Waals surface area contributed by atoms with Gasteiger partial charge in [-0.05, 0) is 70.6 Å². The van der Waals surface area contributed by atoms with Gasteiger partial charge in [-0.2, -0.15) is 0 Å². The normalized spacial score (nSPS) is 12.7. The molecule has 0 saturated carbocycles. The molecule has 0 aromatic carbocycles. The molecule has 0 aliphatic carbocycles. The highest BCUT2D eigenvalue weighted by Gasteiger charge is 2.19. The fourth-order valence-electron chi connectivity index (χ4n) is 5.85. The lowest BCUT2D eigenvalue weighted by Crippen LogP contribution is -2.30. The minimum Gasteiger partial charge on any atom is -0.462 e. The Balaban J connectivity index is 4.09. The second-order valence-corrected chi connectivity index (χ2v) is 14.6. The van der Waals surface area contributed by atoms with Gasteiger partial charge in [0.1, 0.15) is 13.2 Å². The largest absolute Gasteiger partial charge is 0.462 e. The SMILES string of the molecule is CC/C=C\C/C=C\C/C=C\C/C=C\C/C=C\C/C=C\CCCCCCCCC(=O)OCC(COC(=O)CCCCCCC)OC(=O)CCCCCCCCC. The van der Waals surface area contributed by atoms with Crippen LogP contribution in [0, 0.1) is 0 Å². The molecule has 0 aromatic heterocycles. The van der Waals surface area contributed by atoms with Gasteiger partial charge < -0.3 is 14.2 Å². The van der Waals surface area contributed by atoms with Gasteiger partial charge in [0.25, 0.3) is 0 Å². The van der Waals surface area contributed by atoms with Crippen LogP contribution in [0.25, 0.3) is 0 Å². The van der Waals surface area contributed by atoms with Crippen molar-refractivity contribution in [2.75, 3.05) is 13.2 Å². The van der Waals surface area contributed by atoms with Crippen molar-refractivity contribution in [3.63, 3.8) is 0 Å². The number of carbonyl (C=O) groups excluding carboxylic acids is 3. The summed E-state index contributed by atoms with van der Waals surface area (Å²) in [5.41, 5.74) is 0. The Morgan fingerprint density at radius 2 is 0.709 bits per heavy atom. The van der Waals surface area contributed by atoms with Gasteiger partial charge in [0.05, 0.1) is 0 Å². The predicted octanol–water partition coefficient (Wildman–Crippen LogP) is 14.3. The second-order valence-electron chi connectivity index (χ2n) is 14.6. The Kier molecular flexibility index (Phi) is 41.1. The Bertz CT molecular complexity index is 1070. The van der Waals surface area contributed by atoms with Crippen LogP contribution in [0.5, 0.6) is 0 Å². The first-order valence-electron chi connectivity index (χ1n) is 22.4. The predicted molar refractivity (Wildman–Crippen MR) is 233 cm³/mol. The molecule has 0 rings (SSSR count). The highest BCUT2D eigenvalue weighted by molar-refractivity contribution is 5.71. The maximum absolute atomic E-state index is 12.5. The van der Waals surface area contributed by atoms with Crippen molar-refractivity contribution < 1.29 is 28.6 Å². The summed E-state index contributed by atoms with van der Waals surface area (Å²) in [4.78, 5) is 37.3. The lowest BCUT2D eigenvalue weighted by Gasteiger charge is -2.18. The number of rotatable bonds is 39. The van der Waals surface area contributed by atoms with Crippen LogP contribution in [0.3, 0.4) is 0 Å². The van der Waals surface area contributed by atoms with Gasteiger partial charge in [0.2, 0.25) is 0 Å². The monoisotopic (exact) mass is 767 g/mol. The topological polar surface area (TPSA) is 78.9 Å². The van der Waals surface area contributed by atoms with Crippen molar-refractivity contribution in [1.82, 2.24) is 0 Å². The van der Waals surface area contributed by atoms with Gasteiger partial charge in [0, 0.05) is 19.3 Å². The zero-order chi connectivity index (χ0) is 40.1. The van der Waals surface area contributed by atoms with E-state index in [-0.39, 0.29) is 31.1 Å². The van der Waals surface area contributed by atoms with E-state index in [1.54, 1.807) is 0 Å². The number of unbranched alkanes of at least 4 members (excludes halogenated alkanes) is 16. The lowest BCUT2D eigenvalue weighted by atomic mass is 10.1. The Morgan fingerprint density at radius 3 is 1.11 bits per heavy atom. The molecule has 0 aliphatic heterocycles. The highest BCUT2D eigenvalue weighted by atomic mass is 16.6. The Morgan fingerprint density at radius 1 is 0.382 bits per heavy atom. The van der Waals surface area contributed by atoms with Crippen molar-refractivity contribution >= 4 is 17.9 Å². The van der Waals surface area contributed by atoms with Crippen LogP contribution < -0.4 is 0 Å². The molecule has 0 fully saturated rings. The molecule has 0 aliphatic rings. The van der Waals surface area contributed by atoms with Crippen LogP contribution in [0.15, 0.2) is 72.9 Å². The number of hydrogen-bond donors (Lipinski definition) is 0. The van der Waals surface area contributed by atoms with E-state index in [2.05, 4.69) is 93.7 Å². The van der Waals surface area contributed by atoms with E-state index >= 15 is 0 Å². The van der Waals surface area contributed by atoms with E-state index < -0.39 is 6.10 Å². The summed E-state index contributed by atoms with van der Waals surface area (Å²) < 4.78 is 16.5. The van der Waals surface area contributed by atoms with Gasteiger partial charge in [-0.15, -0.1) is 0 Å². The molecule has 0 N–H and O–H groups in total. The van der Waals surface area contributed by atoms with Crippen molar-refractivity contribution in [1.29, 1.82) is 0 Å². The number of ether oxygens (including phenoxy) is 3. The lowest BCUT2D eigenvalue weighted by molar-refractivity contribution is -0.167. The maximum atomic E-state index is 12.5. The molecule has 0 bridgehead atoms. The molecular formula is C49H82O6. The third kappa shape index (κ3) is 41.8. The van der Waals surface area contributed by atoms with Crippen molar-refractivity contribution in [3.8, 4) is 0 Å². The molecular weight excluding hydrogens is 685 g/mol. The van der Waals surface area contributed by atoms with E-state index in [0.717, 1.165) is 109 Å². The Hall–Kier alpha value is -3.15. The zero-order valence-corrected chi connectivity index (χ0v) is 35.7. The van der Waals surface area contributed by atoms with Gasteiger partial charge >= 0.3 is 17.9 Å². The highest BCUT2D eigenvalue weighted by Crippen LogP contribution is 2.13. The van der Waals surface area contributed by atoms with Gasteiger partial charge in [-0.3, -0.25) is 14.4 Å². The van der Waals surface area contributed by atoms with E-state index in [1.807, 2.05) is 0 Å². The first-order valence-corrected chi connectivity index (χ1v) is 22.4. The van der Waals surface area contributed by atoms with Crippen molar-refractivity contribution in [2.24, 2.45) is 0 Å². The van der Waals surface area contributed by atoms with Crippen LogP contribution in [0.4, 0.5) is 0 Å². The first kappa shape index (κ1) is 51.9. The molecule has 0 aromatic rings. The minimum atomic E-state index is -0.772. The number of allylic oxidation sites excluding steroid dienone is 12. The fraction of sp³-hybridized carbons (Fsp3) is 0.694. The molecule has 1 atom stereocenters. The van der Waals surface area contributed by atoms with Crippen LogP contribution >= 0.6 is 0 Å². The summed E-state index contributed by atoms with van der Waals surface area (Å²) in [5.74, 6) is -0.924. The van der Waals surface area contributed by atoms with Crippen molar-refractivity contribution in [3.05, 3.63) is 72.9 Å². The standard InChI is InChI=1S/C49H82O6/c1-4-7-10-13-15-16-17-18-19-20-21-22-23-24-25-26-27-28-29-30-31-32-34-36-39-42-48(51)54-45-46(44-53-47(50)41-38-35-12-9-6-3)55-49(52)43-40-37-33-14-11-8-5-2/h7,10,15-16,18-19,21-22,24-25,27-28,46H,4-6,8-9,11-14,17,20,23,26,29-45H2,1-3H3/b10-7-,16-15-,19-18-,22-21-,25-24-,28-27-. The van der Waals surface area contributed by atoms with E-state index in [0.29, 0.717) is 19.3 Å². The summed E-state index contributed by atoms with van der Waals surface area (Å²) in [6.45, 7) is 6.36. The number of carbonyl (C=O) groups is 3. The molecule has 0 radical (unpaired) electrons. The summed E-state index contributed by atoms with van der Waals surface area (Å²) in [6.07, 6.45) is 53.7. The van der Waals surface area contributed by atoms with Gasteiger partial charge in [-0.1, -0.05) is 184 Å². The molecule has 0 amide bonds. The quantitative estimate of drug-likeness (QED) is 0.0268. The smallest absolute Gasteiger partial charge is 0.306 e. The summed E-state index contributed by atoms with van der Waals surface area (Å²) in [5, 5.41) is 0. The van der Waals surface area contributed by atoms with E-state index in [4.69, 9.17) is 14.2 Å². The molecule has 6 nitrogen and oxygen atoms in total. The molecule has 0 spiro atoms. The third-order valence-electron chi connectivity index (χ3n) is 9.23. The average Bonchev–Trinajstić information content (AvgIpc) is 3.18. The van der Waals surface area contributed by atoms with Gasteiger partial charge in [0.15, 0.2) is 6.10 Å². The van der Waals surface area contributed by atoms with Crippen molar-refractivity contribution in [2.45, 2.75) is 207 Å². The molecule has 0 saturated heterocycles. The zero-order valence-electron chi connectivity index (χ0n) is 35.7. The Labute approximate surface area is 338 Å². The maximum Gasteiger partial charge on any atom is 0.306 e. The molecule has 55 heavy (non-hydrogen) atoms. The number of esters is 3. The minimum absolute atomic E-state index is 0.0810. The second kappa shape index (κ2) is 43.6. The molecule has 1 unspecified atom stereocenters. The van der Waals surface area contributed by atoms with Gasteiger partial charge in [-0.25, -0.2) is 0 Å². The van der Waals surface area contributed by atoms with Crippen LogP contribution in [0.1, 0.15) is 201 Å². The van der Waals surface area contributed by atoms with Crippen LogP contribution in [-0.2, 0) is 28.6 Å². The fourth-order valence-corrected chi connectivity index (χ4v) is 5.85. The molecule has 6 heteroatoms. The molecule has 0 heterocycles. The van der Waals surface area contributed by atoms with Crippen LogP contribution in [0.2, 0.25) is 0 Å². The van der Waals surface area contributed by atoms with E-state index in [9.17, 15) is 14.4 Å². The third-order valence-corrected chi connectivity index (χ3v) is 9.23. The summed E-state index contributed by atoms with van der Waals surface area (Å²) >= 11 is 0. The summed E-state index contributed by atoms with van der Waals surface area (Å²) in [6, 6.07) is 0. The van der Waals surface area contributed by atoms with Crippen LogP contribution in [-0.4, -0.2) is 37.2 Å².